The smallest absolute Gasteiger partial charge is 0.126 e. The van der Waals surface area contributed by atoms with Gasteiger partial charge in [0.1, 0.15) is 11.6 Å². The van der Waals surface area contributed by atoms with E-state index >= 15 is 0 Å². The molecule has 0 fully saturated rings. The zero-order valence-corrected chi connectivity index (χ0v) is 11.5. The molecule has 1 rings (SSSR count). The van der Waals surface area contributed by atoms with Gasteiger partial charge in [-0.2, -0.15) is 0 Å². The molecule has 0 aromatic heterocycles. The molecule has 15 heavy (non-hydrogen) atoms. The van der Waals surface area contributed by atoms with Crippen LogP contribution in [0.3, 0.4) is 0 Å². The Morgan fingerprint density at radius 2 is 1.53 bits per heavy atom. The minimum Gasteiger partial charge on any atom is -0.207 e. The Kier molecular flexibility index (Phi) is 4.71. The van der Waals surface area contributed by atoms with Gasteiger partial charge < -0.3 is 0 Å². The van der Waals surface area contributed by atoms with E-state index in [4.69, 9.17) is 0 Å². The summed E-state index contributed by atoms with van der Waals surface area (Å²) in [7, 11) is 0. The summed E-state index contributed by atoms with van der Waals surface area (Å²) in [5, 5.41) is 1.56. The lowest BCUT2D eigenvalue weighted by atomic mass is 9.88. The predicted molar refractivity (Wildman–Crippen MR) is 65.8 cm³/mol. The highest BCUT2D eigenvalue weighted by atomic mass is 79.9. The van der Waals surface area contributed by atoms with Gasteiger partial charge in [0.25, 0.3) is 0 Å². The average Bonchev–Trinajstić information content (AvgIpc) is 2.16. The second-order valence-electron chi connectivity index (χ2n) is 4.03. The van der Waals surface area contributed by atoms with Crippen molar-refractivity contribution < 1.29 is 8.78 Å². The number of alkyl halides is 2. The molecule has 0 heterocycles. The Labute approximate surface area is 105 Å². The third kappa shape index (κ3) is 3.83. The lowest BCUT2D eigenvalue weighted by Gasteiger charge is -2.24. The fourth-order valence-electron chi connectivity index (χ4n) is 1.34. The van der Waals surface area contributed by atoms with Crippen LogP contribution in [0.25, 0.3) is 0 Å². The summed E-state index contributed by atoms with van der Waals surface area (Å²) < 4.78 is 25.9. The minimum atomic E-state index is -0.517. The molecule has 1 aromatic rings. The molecule has 0 N–H and O–H groups in total. The van der Waals surface area contributed by atoms with Crippen LogP contribution in [0.1, 0.15) is 12.5 Å². The van der Waals surface area contributed by atoms with Crippen LogP contribution in [0, 0.1) is 17.0 Å². The average molecular weight is 342 g/mol. The summed E-state index contributed by atoms with van der Waals surface area (Å²) in [5.74, 6) is -1.03. The van der Waals surface area contributed by atoms with Crippen molar-refractivity contribution in [3.8, 4) is 0 Å². The molecule has 0 atom stereocenters. The quantitative estimate of drug-likeness (QED) is 0.716. The Bertz CT molecular complexity index is 315. The molecule has 1 aromatic carbocycles. The highest BCUT2D eigenvalue weighted by Gasteiger charge is 2.22. The van der Waals surface area contributed by atoms with E-state index in [2.05, 4.69) is 38.8 Å². The topological polar surface area (TPSA) is 0 Å². The van der Waals surface area contributed by atoms with Crippen molar-refractivity contribution in [2.45, 2.75) is 13.3 Å². The van der Waals surface area contributed by atoms with Crippen LogP contribution >= 0.6 is 31.9 Å². The molecule has 0 unspecified atom stereocenters. The molecule has 84 valence electrons. The van der Waals surface area contributed by atoms with E-state index in [-0.39, 0.29) is 5.41 Å². The van der Waals surface area contributed by atoms with E-state index in [0.717, 1.165) is 16.7 Å². The summed E-state index contributed by atoms with van der Waals surface area (Å²) in [5.41, 5.74) is 0.661. The summed E-state index contributed by atoms with van der Waals surface area (Å²) in [6.07, 6.45) is 0.637. The maximum absolute atomic E-state index is 12.9. The molecule has 0 saturated carbocycles. The monoisotopic (exact) mass is 340 g/mol. The molecule has 0 saturated heterocycles. The third-order valence-corrected chi connectivity index (χ3v) is 4.91. The molecule has 0 radical (unpaired) electrons. The van der Waals surface area contributed by atoms with Crippen LogP contribution in [-0.2, 0) is 6.42 Å². The molecule has 0 aliphatic carbocycles. The maximum atomic E-state index is 12.9. The Balaban J connectivity index is 2.88. The van der Waals surface area contributed by atoms with Gasteiger partial charge in [0.05, 0.1) is 0 Å². The van der Waals surface area contributed by atoms with Crippen LogP contribution in [0.2, 0.25) is 0 Å². The van der Waals surface area contributed by atoms with E-state index < -0.39 is 11.6 Å². The second-order valence-corrected chi connectivity index (χ2v) is 5.15. The van der Waals surface area contributed by atoms with Crippen molar-refractivity contribution in [3.63, 3.8) is 0 Å². The summed E-state index contributed by atoms with van der Waals surface area (Å²) in [6, 6.07) is 3.66. The fraction of sp³-hybridized carbons (Fsp3) is 0.455. The lowest BCUT2D eigenvalue weighted by Crippen LogP contribution is -2.23. The van der Waals surface area contributed by atoms with Crippen molar-refractivity contribution >= 4 is 31.9 Å². The molecule has 0 spiro atoms. The number of rotatable bonds is 4. The van der Waals surface area contributed by atoms with Crippen LogP contribution < -0.4 is 0 Å². The number of hydrogen-bond acceptors (Lipinski definition) is 0. The summed E-state index contributed by atoms with van der Waals surface area (Å²) in [4.78, 5) is 0. The van der Waals surface area contributed by atoms with Crippen molar-refractivity contribution in [3.05, 3.63) is 35.4 Å². The van der Waals surface area contributed by atoms with Crippen LogP contribution in [0.5, 0.6) is 0 Å². The zero-order valence-electron chi connectivity index (χ0n) is 8.37. The van der Waals surface area contributed by atoms with E-state index in [1.165, 1.54) is 12.1 Å². The van der Waals surface area contributed by atoms with Gasteiger partial charge >= 0.3 is 0 Å². The first-order chi connectivity index (χ1) is 6.99. The summed E-state index contributed by atoms with van der Waals surface area (Å²) >= 11 is 6.82. The van der Waals surface area contributed by atoms with Crippen LogP contribution in [-0.4, -0.2) is 10.7 Å². The highest BCUT2D eigenvalue weighted by molar-refractivity contribution is 9.09. The van der Waals surface area contributed by atoms with E-state index in [9.17, 15) is 8.78 Å². The molecular weight excluding hydrogens is 330 g/mol. The molecule has 4 heteroatoms. The first kappa shape index (κ1) is 13.1. The molecule has 0 aliphatic rings. The van der Waals surface area contributed by atoms with E-state index in [1.807, 2.05) is 0 Å². The van der Waals surface area contributed by atoms with E-state index in [0.29, 0.717) is 12.0 Å². The Morgan fingerprint density at radius 1 is 1.07 bits per heavy atom. The van der Waals surface area contributed by atoms with E-state index in [1.54, 1.807) is 0 Å². The lowest BCUT2D eigenvalue weighted by molar-refractivity contribution is 0.436. The van der Waals surface area contributed by atoms with Crippen molar-refractivity contribution in [1.82, 2.24) is 0 Å². The molecule has 0 amide bonds. The predicted octanol–water partition coefficient (Wildman–Crippen LogP) is 4.30. The van der Waals surface area contributed by atoms with Gasteiger partial charge in [0, 0.05) is 16.7 Å². The first-order valence-corrected chi connectivity index (χ1v) is 6.80. The van der Waals surface area contributed by atoms with Crippen LogP contribution in [0.4, 0.5) is 8.78 Å². The highest BCUT2D eigenvalue weighted by Crippen LogP contribution is 2.27. The summed E-state index contributed by atoms with van der Waals surface area (Å²) in [6.45, 7) is 2.05. The first-order valence-electron chi connectivity index (χ1n) is 4.56. The van der Waals surface area contributed by atoms with Crippen LogP contribution in [0.15, 0.2) is 18.2 Å². The van der Waals surface area contributed by atoms with Crippen molar-refractivity contribution in [2.75, 3.05) is 10.7 Å². The standard InChI is InChI=1S/C11H12Br2F2/c1-11(6-12,7-13)5-8-2-9(14)4-10(15)3-8/h2-4H,5-7H2,1H3. The Morgan fingerprint density at radius 3 is 1.93 bits per heavy atom. The van der Waals surface area contributed by atoms with Gasteiger partial charge in [-0.1, -0.05) is 38.8 Å². The third-order valence-electron chi connectivity index (χ3n) is 2.20. The normalized spacial score (nSPS) is 11.8. The maximum Gasteiger partial charge on any atom is 0.126 e. The number of hydrogen-bond donors (Lipinski definition) is 0. The zero-order chi connectivity index (χ0) is 11.5. The van der Waals surface area contributed by atoms with Crippen molar-refractivity contribution in [1.29, 1.82) is 0 Å². The molecule has 0 nitrogen and oxygen atoms in total. The van der Waals surface area contributed by atoms with Gasteiger partial charge in [-0.15, -0.1) is 0 Å². The molecule has 0 aliphatic heterocycles. The SMILES string of the molecule is CC(CBr)(CBr)Cc1cc(F)cc(F)c1. The largest absolute Gasteiger partial charge is 0.207 e. The molecular formula is C11H12Br2F2. The van der Waals surface area contributed by atoms with Gasteiger partial charge in [-0.25, -0.2) is 8.78 Å². The van der Waals surface area contributed by atoms with Gasteiger partial charge in [-0.3, -0.25) is 0 Å². The minimum absolute atomic E-state index is 0.0275. The van der Waals surface area contributed by atoms with Gasteiger partial charge in [0.15, 0.2) is 0 Å². The van der Waals surface area contributed by atoms with Gasteiger partial charge in [-0.05, 0) is 29.5 Å². The second kappa shape index (κ2) is 5.39. The number of halogens is 4. The number of benzene rings is 1. The molecule has 0 bridgehead atoms. The van der Waals surface area contributed by atoms with Crippen molar-refractivity contribution in [2.24, 2.45) is 5.41 Å². The van der Waals surface area contributed by atoms with Gasteiger partial charge in [0.2, 0.25) is 0 Å². The Hall–Kier alpha value is 0.0400. The fourth-order valence-corrected chi connectivity index (χ4v) is 2.66.